The van der Waals surface area contributed by atoms with Gasteiger partial charge in [0.25, 0.3) is 0 Å². The van der Waals surface area contributed by atoms with Crippen LogP contribution in [0.3, 0.4) is 0 Å². The quantitative estimate of drug-likeness (QED) is 0.299. The fourth-order valence-electron chi connectivity index (χ4n) is 3.16. The fourth-order valence-corrected chi connectivity index (χ4v) is 4.09. The number of nitrogens with zero attached hydrogens (tertiary/aromatic N) is 1. The molecule has 1 unspecified atom stereocenters. The van der Waals surface area contributed by atoms with E-state index in [1.54, 1.807) is 11.3 Å². The summed E-state index contributed by atoms with van der Waals surface area (Å²) in [4.78, 5) is 5.67. The van der Waals surface area contributed by atoms with Crippen molar-refractivity contribution in [1.29, 1.82) is 0 Å². The van der Waals surface area contributed by atoms with Gasteiger partial charge in [-0.1, -0.05) is 126 Å². The normalized spacial score (nSPS) is 11.1. The molecule has 0 amide bonds. The highest BCUT2D eigenvalue weighted by atomic mass is 32.1. The van der Waals surface area contributed by atoms with Crippen LogP contribution in [0.2, 0.25) is 0 Å². The van der Waals surface area contributed by atoms with Gasteiger partial charge in [-0.2, -0.15) is 0 Å². The zero-order valence-corrected chi connectivity index (χ0v) is 21.2. The number of thiazole rings is 1. The summed E-state index contributed by atoms with van der Waals surface area (Å²) in [6.07, 6.45) is 3.17. The molecule has 0 aliphatic carbocycles. The van der Waals surface area contributed by atoms with Crippen molar-refractivity contribution in [1.82, 2.24) is 4.98 Å². The van der Waals surface area contributed by atoms with Gasteiger partial charge < -0.3 is 0 Å². The second kappa shape index (κ2) is 13.6. The summed E-state index contributed by atoms with van der Waals surface area (Å²) in [5.41, 5.74) is 5.28. The minimum Gasteiger partial charge on any atom is -0.249 e. The Morgan fingerprint density at radius 3 is 1.66 bits per heavy atom. The van der Waals surface area contributed by atoms with E-state index in [1.165, 1.54) is 38.6 Å². The summed E-state index contributed by atoms with van der Waals surface area (Å²) in [6, 6.07) is 29.8. The van der Waals surface area contributed by atoms with Crippen molar-refractivity contribution >= 4 is 11.3 Å². The molecule has 0 saturated heterocycles. The van der Waals surface area contributed by atoms with Crippen molar-refractivity contribution in [2.75, 3.05) is 0 Å². The Morgan fingerprint density at radius 1 is 0.688 bits per heavy atom. The largest absolute Gasteiger partial charge is 0.249 e. The summed E-state index contributed by atoms with van der Waals surface area (Å²) in [5, 5.41) is 1.21. The van der Waals surface area contributed by atoms with Gasteiger partial charge in [-0.15, -0.1) is 11.3 Å². The summed E-state index contributed by atoms with van der Waals surface area (Å²) in [5.74, 6) is 1.18. The Hall–Kier alpha value is -2.71. The lowest BCUT2D eigenvalue weighted by Crippen LogP contribution is -1.90. The molecule has 32 heavy (non-hydrogen) atoms. The van der Waals surface area contributed by atoms with Crippen molar-refractivity contribution in [2.45, 2.75) is 59.8 Å². The molecule has 4 aromatic rings. The molecule has 0 aliphatic heterocycles. The highest BCUT2D eigenvalue weighted by Gasteiger charge is 2.06. The van der Waals surface area contributed by atoms with Crippen molar-refractivity contribution in [3.05, 3.63) is 102 Å². The SMILES string of the molecule is CC.CC(C)c1ncc(-c2ccccc2)s1.CCC(C)c1ccc(-c2ccccc2)cc1. The first-order valence-electron chi connectivity index (χ1n) is 11.7. The molecule has 0 radical (unpaired) electrons. The molecule has 1 nitrogen and oxygen atoms in total. The summed E-state index contributed by atoms with van der Waals surface area (Å²) < 4.78 is 0. The van der Waals surface area contributed by atoms with Crippen LogP contribution in [0.5, 0.6) is 0 Å². The van der Waals surface area contributed by atoms with E-state index in [0.29, 0.717) is 11.8 Å². The Balaban J connectivity index is 0.000000212. The van der Waals surface area contributed by atoms with Crippen LogP contribution in [0.4, 0.5) is 0 Å². The van der Waals surface area contributed by atoms with Crippen LogP contribution in [0.1, 0.15) is 70.4 Å². The Kier molecular flexibility index (Phi) is 10.9. The topological polar surface area (TPSA) is 12.9 Å². The van der Waals surface area contributed by atoms with Crippen LogP contribution in [0.25, 0.3) is 21.6 Å². The molecule has 0 N–H and O–H groups in total. The van der Waals surface area contributed by atoms with Gasteiger partial charge in [-0.3, -0.25) is 0 Å². The number of benzene rings is 3. The Morgan fingerprint density at radius 2 is 1.19 bits per heavy atom. The predicted molar refractivity (Wildman–Crippen MR) is 144 cm³/mol. The van der Waals surface area contributed by atoms with Crippen molar-refractivity contribution in [3.63, 3.8) is 0 Å². The number of hydrogen-bond donors (Lipinski definition) is 0. The molecule has 0 spiro atoms. The van der Waals surface area contributed by atoms with Crippen molar-refractivity contribution in [3.8, 4) is 21.6 Å². The maximum absolute atomic E-state index is 4.41. The minimum atomic E-state index is 0.525. The highest BCUT2D eigenvalue weighted by Crippen LogP contribution is 2.29. The maximum Gasteiger partial charge on any atom is 0.0956 e. The van der Waals surface area contributed by atoms with Gasteiger partial charge in [0.05, 0.1) is 9.88 Å². The van der Waals surface area contributed by atoms with Crippen LogP contribution in [0, 0.1) is 0 Å². The Bertz CT molecular complexity index is 1000. The summed E-state index contributed by atoms with van der Waals surface area (Å²) >= 11 is 1.78. The lowest BCUT2D eigenvalue weighted by molar-refractivity contribution is 0.734. The van der Waals surface area contributed by atoms with E-state index < -0.39 is 0 Å². The van der Waals surface area contributed by atoms with Crippen LogP contribution >= 0.6 is 11.3 Å². The zero-order chi connectivity index (χ0) is 23.3. The number of aromatic nitrogens is 1. The number of rotatable bonds is 5. The molecule has 1 aromatic heterocycles. The third-order valence-corrected chi connectivity index (χ3v) is 6.62. The molecule has 0 aliphatic rings. The average molecular weight is 444 g/mol. The molecule has 168 valence electrons. The molecule has 0 fully saturated rings. The maximum atomic E-state index is 4.41. The van der Waals surface area contributed by atoms with Crippen LogP contribution < -0.4 is 0 Å². The van der Waals surface area contributed by atoms with E-state index in [9.17, 15) is 0 Å². The van der Waals surface area contributed by atoms with Crippen molar-refractivity contribution in [2.24, 2.45) is 0 Å². The first kappa shape index (κ1) is 25.5. The van der Waals surface area contributed by atoms with E-state index in [0.717, 1.165) is 0 Å². The molecular formula is C30H37NS. The molecule has 1 heterocycles. The molecule has 4 rings (SSSR count). The zero-order valence-electron chi connectivity index (χ0n) is 20.4. The first-order chi connectivity index (χ1) is 15.6. The van der Waals surface area contributed by atoms with Crippen LogP contribution in [-0.4, -0.2) is 4.98 Å². The molecular weight excluding hydrogens is 406 g/mol. The molecule has 0 saturated carbocycles. The van der Waals surface area contributed by atoms with Gasteiger partial charge >= 0.3 is 0 Å². The average Bonchev–Trinajstić information content (AvgIpc) is 3.37. The van der Waals surface area contributed by atoms with Gasteiger partial charge in [0.1, 0.15) is 0 Å². The van der Waals surface area contributed by atoms with Gasteiger partial charge in [-0.05, 0) is 34.6 Å². The monoisotopic (exact) mass is 443 g/mol. The van der Waals surface area contributed by atoms with E-state index in [4.69, 9.17) is 0 Å². The van der Waals surface area contributed by atoms with Gasteiger partial charge in [0, 0.05) is 12.1 Å². The fraction of sp³-hybridized carbons (Fsp3) is 0.300. The Labute approximate surface area is 199 Å². The lowest BCUT2D eigenvalue weighted by atomic mass is 9.96. The highest BCUT2D eigenvalue weighted by molar-refractivity contribution is 7.15. The number of hydrogen-bond acceptors (Lipinski definition) is 2. The van der Waals surface area contributed by atoms with Crippen LogP contribution in [-0.2, 0) is 0 Å². The third-order valence-electron chi connectivity index (χ3n) is 5.27. The van der Waals surface area contributed by atoms with Gasteiger partial charge in [0.2, 0.25) is 0 Å². The molecule has 3 aromatic carbocycles. The standard InChI is InChI=1S/C16H18.C12H13NS.C2H6/c1-3-13(2)14-9-11-16(12-10-14)15-7-5-4-6-8-15;1-9(2)12-13-8-11(14-12)10-6-4-3-5-7-10;1-2/h4-13H,3H2,1-2H3;3-9H,1-2H3;1-2H3. The predicted octanol–water partition coefficient (Wildman–Crippen LogP) is 9.83. The first-order valence-corrected chi connectivity index (χ1v) is 12.6. The van der Waals surface area contributed by atoms with Crippen molar-refractivity contribution < 1.29 is 0 Å². The lowest BCUT2D eigenvalue weighted by Gasteiger charge is -2.09. The molecule has 0 bridgehead atoms. The minimum absolute atomic E-state index is 0.525. The van der Waals surface area contributed by atoms with E-state index in [1.807, 2.05) is 26.1 Å². The van der Waals surface area contributed by atoms with E-state index >= 15 is 0 Å². The smallest absolute Gasteiger partial charge is 0.0956 e. The summed E-state index contributed by atoms with van der Waals surface area (Å²) in [7, 11) is 0. The molecule has 1 atom stereocenters. The second-order valence-corrected chi connectivity index (χ2v) is 8.94. The van der Waals surface area contributed by atoms with Gasteiger partial charge in [0.15, 0.2) is 0 Å². The second-order valence-electron chi connectivity index (χ2n) is 7.88. The van der Waals surface area contributed by atoms with E-state index in [2.05, 4.69) is 112 Å². The summed E-state index contributed by atoms with van der Waals surface area (Å²) in [6.45, 7) is 12.9. The van der Waals surface area contributed by atoms with Gasteiger partial charge in [-0.25, -0.2) is 4.98 Å². The third kappa shape index (κ3) is 7.46. The van der Waals surface area contributed by atoms with E-state index in [-0.39, 0.29) is 0 Å². The molecule has 2 heteroatoms. The van der Waals surface area contributed by atoms with Crippen LogP contribution in [0.15, 0.2) is 91.1 Å².